The third-order valence-electron chi connectivity index (χ3n) is 3.49. The number of rotatable bonds is 3. The van der Waals surface area contributed by atoms with E-state index in [1.807, 2.05) is 27.7 Å². The first kappa shape index (κ1) is 17.9. The SMILES string of the molecule is C1CCC(OCN2CCCCC2)CC1.CC.CC. The summed E-state index contributed by atoms with van der Waals surface area (Å²) in [5.74, 6) is 0. The molecule has 1 heterocycles. The predicted octanol–water partition coefficient (Wildman–Crippen LogP) is 4.83. The molecule has 0 unspecified atom stereocenters. The molecule has 0 bridgehead atoms. The van der Waals surface area contributed by atoms with Gasteiger partial charge in [0.25, 0.3) is 0 Å². The molecule has 2 heteroatoms. The first-order chi connectivity index (χ1) is 8.95. The van der Waals surface area contributed by atoms with Crippen LogP contribution in [-0.4, -0.2) is 30.8 Å². The van der Waals surface area contributed by atoms with Crippen molar-refractivity contribution >= 4 is 0 Å². The van der Waals surface area contributed by atoms with Gasteiger partial charge in [0.05, 0.1) is 12.8 Å². The Kier molecular flexibility index (Phi) is 13.3. The van der Waals surface area contributed by atoms with Crippen LogP contribution in [0.4, 0.5) is 0 Å². The van der Waals surface area contributed by atoms with Gasteiger partial charge in [0.2, 0.25) is 0 Å². The number of piperidine rings is 1. The molecule has 1 aliphatic carbocycles. The fourth-order valence-electron chi connectivity index (χ4n) is 2.53. The van der Waals surface area contributed by atoms with Crippen LogP contribution >= 0.6 is 0 Å². The molecule has 0 spiro atoms. The molecular weight excluding hydrogens is 222 g/mol. The van der Waals surface area contributed by atoms with Crippen LogP contribution in [0.2, 0.25) is 0 Å². The third kappa shape index (κ3) is 8.10. The van der Waals surface area contributed by atoms with E-state index in [0.29, 0.717) is 6.10 Å². The molecule has 1 saturated heterocycles. The predicted molar refractivity (Wildman–Crippen MR) is 80.9 cm³/mol. The highest BCUT2D eigenvalue weighted by molar-refractivity contribution is 4.66. The zero-order chi connectivity index (χ0) is 13.6. The molecule has 0 N–H and O–H groups in total. The van der Waals surface area contributed by atoms with Gasteiger partial charge in [-0.25, -0.2) is 0 Å². The summed E-state index contributed by atoms with van der Waals surface area (Å²) >= 11 is 0. The monoisotopic (exact) mass is 257 g/mol. The van der Waals surface area contributed by atoms with E-state index < -0.39 is 0 Å². The van der Waals surface area contributed by atoms with Crippen LogP contribution in [0.1, 0.15) is 79.1 Å². The van der Waals surface area contributed by atoms with E-state index in [-0.39, 0.29) is 0 Å². The molecular formula is C16H35NO. The summed E-state index contributed by atoms with van der Waals surface area (Å²) in [7, 11) is 0. The summed E-state index contributed by atoms with van der Waals surface area (Å²) in [5.41, 5.74) is 0. The molecule has 0 amide bonds. The van der Waals surface area contributed by atoms with Crippen LogP contribution in [0.3, 0.4) is 0 Å². The van der Waals surface area contributed by atoms with E-state index in [4.69, 9.17) is 4.74 Å². The maximum absolute atomic E-state index is 5.95. The number of hydrogen-bond donors (Lipinski definition) is 0. The molecule has 0 aromatic heterocycles. The van der Waals surface area contributed by atoms with Gasteiger partial charge in [-0.1, -0.05) is 53.4 Å². The van der Waals surface area contributed by atoms with E-state index in [0.717, 1.165) is 6.73 Å². The number of nitrogens with zero attached hydrogens (tertiary/aromatic N) is 1. The third-order valence-corrected chi connectivity index (χ3v) is 3.49. The number of likely N-dealkylation sites (tertiary alicyclic amines) is 1. The Balaban J connectivity index is 0.000000659. The molecule has 2 nitrogen and oxygen atoms in total. The minimum absolute atomic E-state index is 0.575. The van der Waals surface area contributed by atoms with Crippen molar-refractivity contribution < 1.29 is 4.74 Å². The van der Waals surface area contributed by atoms with Crippen molar-refractivity contribution in [3.8, 4) is 0 Å². The fraction of sp³-hybridized carbons (Fsp3) is 1.00. The Morgan fingerprint density at radius 3 is 1.83 bits per heavy atom. The molecule has 0 aromatic carbocycles. The second-order valence-corrected chi connectivity index (χ2v) is 4.73. The van der Waals surface area contributed by atoms with Crippen molar-refractivity contribution in [1.29, 1.82) is 0 Å². The maximum atomic E-state index is 5.95. The Hall–Kier alpha value is -0.0800. The highest BCUT2D eigenvalue weighted by Gasteiger charge is 2.16. The molecule has 1 saturated carbocycles. The van der Waals surface area contributed by atoms with Gasteiger partial charge < -0.3 is 4.74 Å². The topological polar surface area (TPSA) is 12.5 Å². The van der Waals surface area contributed by atoms with Crippen LogP contribution in [-0.2, 0) is 4.74 Å². The largest absolute Gasteiger partial charge is 0.363 e. The Bertz CT molecular complexity index is 131. The summed E-state index contributed by atoms with van der Waals surface area (Å²) in [6.07, 6.45) is 11.5. The second-order valence-electron chi connectivity index (χ2n) is 4.73. The van der Waals surface area contributed by atoms with Crippen LogP contribution in [0.25, 0.3) is 0 Å². The van der Waals surface area contributed by atoms with Crippen LogP contribution < -0.4 is 0 Å². The van der Waals surface area contributed by atoms with Crippen LogP contribution in [0.15, 0.2) is 0 Å². The van der Waals surface area contributed by atoms with Crippen molar-refractivity contribution in [1.82, 2.24) is 4.90 Å². The van der Waals surface area contributed by atoms with Gasteiger partial charge in [0.15, 0.2) is 0 Å². The average molecular weight is 257 g/mol. The average Bonchev–Trinajstić information content (AvgIpc) is 2.51. The van der Waals surface area contributed by atoms with Gasteiger partial charge in [0, 0.05) is 13.1 Å². The lowest BCUT2D eigenvalue weighted by atomic mass is 9.98. The Labute approximate surface area is 115 Å². The van der Waals surface area contributed by atoms with Gasteiger partial charge in [0.1, 0.15) is 0 Å². The number of hydrogen-bond acceptors (Lipinski definition) is 2. The maximum Gasteiger partial charge on any atom is 0.0994 e. The van der Waals surface area contributed by atoms with Gasteiger partial charge in [-0.05, 0) is 25.7 Å². The molecule has 0 atom stereocenters. The minimum atomic E-state index is 0.575. The normalized spacial score (nSPS) is 21.3. The molecule has 0 radical (unpaired) electrons. The lowest BCUT2D eigenvalue weighted by Crippen LogP contribution is -2.34. The Morgan fingerprint density at radius 1 is 0.778 bits per heavy atom. The van der Waals surface area contributed by atoms with Crippen LogP contribution in [0.5, 0.6) is 0 Å². The van der Waals surface area contributed by atoms with E-state index in [1.165, 1.54) is 64.5 Å². The van der Waals surface area contributed by atoms with Gasteiger partial charge in [-0.2, -0.15) is 0 Å². The van der Waals surface area contributed by atoms with Gasteiger partial charge in [-0.3, -0.25) is 4.90 Å². The van der Waals surface area contributed by atoms with E-state index >= 15 is 0 Å². The number of ether oxygens (including phenoxy) is 1. The zero-order valence-corrected chi connectivity index (χ0v) is 13.2. The summed E-state index contributed by atoms with van der Waals surface area (Å²) in [6, 6.07) is 0. The molecule has 2 fully saturated rings. The van der Waals surface area contributed by atoms with Crippen molar-refractivity contribution in [2.75, 3.05) is 19.8 Å². The standard InChI is InChI=1S/C12H23NO.2C2H6/c1-3-7-12(8-4-1)14-11-13-9-5-2-6-10-13;2*1-2/h12H,1-11H2;2*1-2H3. The lowest BCUT2D eigenvalue weighted by Gasteiger charge is -2.29. The summed E-state index contributed by atoms with van der Waals surface area (Å²) in [4.78, 5) is 2.47. The quantitative estimate of drug-likeness (QED) is 0.718. The molecule has 0 aromatic rings. The highest BCUT2D eigenvalue weighted by atomic mass is 16.5. The minimum Gasteiger partial charge on any atom is -0.363 e. The summed E-state index contributed by atoms with van der Waals surface area (Å²) in [6.45, 7) is 11.4. The highest BCUT2D eigenvalue weighted by Crippen LogP contribution is 2.20. The second kappa shape index (κ2) is 13.4. The zero-order valence-electron chi connectivity index (χ0n) is 13.2. The summed E-state index contributed by atoms with van der Waals surface area (Å²) in [5, 5.41) is 0. The van der Waals surface area contributed by atoms with E-state index in [9.17, 15) is 0 Å². The lowest BCUT2D eigenvalue weighted by molar-refractivity contribution is -0.0424. The van der Waals surface area contributed by atoms with Crippen molar-refractivity contribution in [3.63, 3.8) is 0 Å². The van der Waals surface area contributed by atoms with Gasteiger partial charge in [-0.15, -0.1) is 0 Å². The smallest absolute Gasteiger partial charge is 0.0994 e. The molecule has 18 heavy (non-hydrogen) atoms. The van der Waals surface area contributed by atoms with E-state index in [2.05, 4.69) is 4.90 Å². The van der Waals surface area contributed by atoms with Crippen LogP contribution in [0, 0.1) is 0 Å². The van der Waals surface area contributed by atoms with Gasteiger partial charge >= 0.3 is 0 Å². The molecule has 2 aliphatic rings. The fourth-order valence-corrected chi connectivity index (χ4v) is 2.53. The first-order valence-electron chi connectivity index (χ1n) is 8.29. The molecule has 110 valence electrons. The van der Waals surface area contributed by atoms with Crippen molar-refractivity contribution in [3.05, 3.63) is 0 Å². The summed E-state index contributed by atoms with van der Waals surface area (Å²) < 4.78 is 5.95. The van der Waals surface area contributed by atoms with Crippen molar-refractivity contribution in [2.45, 2.75) is 85.2 Å². The molecule has 2 rings (SSSR count). The Morgan fingerprint density at radius 2 is 1.28 bits per heavy atom. The van der Waals surface area contributed by atoms with E-state index in [1.54, 1.807) is 0 Å². The first-order valence-corrected chi connectivity index (χ1v) is 8.29. The van der Waals surface area contributed by atoms with Crippen molar-refractivity contribution in [2.24, 2.45) is 0 Å². The molecule has 1 aliphatic heterocycles.